The lowest BCUT2D eigenvalue weighted by Gasteiger charge is -2.06. The maximum absolute atomic E-state index is 12.0. The Morgan fingerprint density at radius 1 is 1.00 bits per heavy atom. The largest absolute Gasteiger partial charge is 0.352 e. The number of rotatable bonds is 4. The first-order chi connectivity index (χ1) is 9.33. The first-order valence-corrected chi connectivity index (χ1v) is 6.76. The minimum atomic E-state index is 0.0321. The lowest BCUT2D eigenvalue weighted by Crippen LogP contribution is -2.25. The topological polar surface area (TPSA) is 29.1 Å². The van der Waals surface area contributed by atoms with E-state index in [1.807, 2.05) is 42.5 Å². The fraction of sp³-hybridized carbons (Fsp3) is 0.235. The number of carbonyl (C=O) groups is 1. The molecule has 1 N–H and O–H groups in total. The molecule has 0 atom stereocenters. The van der Waals surface area contributed by atoms with Crippen LogP contribution in [-0.4, -0.2) is 12.5 Å². The molecule has 1 amide bonds. The summed E-state index contributed by atoms with van der Waals surface area (Å²) in [5.74, 6) is 0.742. The molecule has 0 unspecified atom stereocenters. The molecular weight excluding hydrogens is 234 g/mol. The van der Waals surface area contributed by atoms with Crippen LogP contribution in [0.15, 0.2) is 54.6 Å². The third kappa shape index (κ3) is 3.02. The second-order valence-electron chi connectivity index (χ2n) is 5.10. The molecule has 1 fully saturated rings. The van der Waals surface area contributed by atoms with Crippen molar-refractivity contribution < 1.29 is 4.79 Å². The van der Waals surface area contributed by atoms with Gasteiger partial charge in [-0.15, -0.1) is 0 Å². The molecule has 1 saturated carbocycles. The van der Waals surface area contributed by atoms with Crippen molar-refractivity contribution in [3.63, 3.8) is 0 Å². The summed E-state index contributed by atoms with van der Waals surface area (Å²) in [7, 11) is 0. The number of nitrogens with one attached hydrogen (secondary N) is 1. The maximum Gasteiger partial charge on any atom is 0.251 e. The van der Waals surface area contributed by atoms with Gasteiger partial charge in [-0.2, -0.15) is 0 Å². The van der Waals surface area contributed by atoms with Crippen LogP contribution in [0.25, 0.3) is 11.1 Å². The van der Waals surface area contributed by atoms with Gasteiger partial charge in [0.05, 0.1) is 0 Å². The Morgan fingerprint density at radius 2 is 1.74 bits per heavy atom. The van der Waals surface area contributed by atoms with E-state index in [0.29, 0.717) is 5.92 Å². The summed E-state index contributed by atoms with van der Waals surface area (Å²) in [6.45, 7) is 0.814. The summed E-state index contributed by atoms with van der Waals surface area (Å²) in [4.78, 5) is 12.0. The molecule has 96 valence electrons. The molecule has 0 radical (unpaired) electrons. The van der Waals surface area contributed by atoms with Crippen molar-refractivity contribution in [1.29, 1.82) is 0 Å². The van der Waals surface area contributed by atoms with Gasteiger partial charge in [-0.1, -0.05) is 42.5 Å². The summed E-state index contributed by atoms with van der Waals surface area (Å²) in [5, 5.41) is 3.00. The smallest absolute Gasteiger partial charge is 0.251 e. The number of benzene rings is 2. The highest BCUT2D eigenvalue weighted by atomic mass is 16.1. The highest BCUT2D eigenvalue weighted by Crippen LogP contribution is 2.27. The zero-order chi connectivity index (χ0) is 13.1. The van der Waals surface area contributed by atoms with E-state index in [-0.39, 0.29) is 5.91 Å². The summed E-state index contributed by atoms with van der Waals surface area (Å²) in [6.07, 6.45) is 2.51. The van der Waals surface area contributed by atoms with E-state index in [9.17, 15) is 4.79 Å². The van der Waals surface area contributed by atoms with Crippen molar-refractivity contribution in [2.75, 3.05) is 6.54 Å². The van der Waals surface area contributed by atoms with Crippen molar-refractivity contribution >= 4 is 5.91 Å². The third-order valence-electron chi connectivity index (χ3n) is 3.48. The summed E-state index contributed by atoms with van der Waals surface area (Å²) in [6, 6.07) is 17.9. The minimum absolute atomic E-state index is 0.0321. The second-order valence-corrected chi connectivity index (χ2v) is 5.10. The van der Waals surface area contributed by atoms with Crippen LogP contribution < -0.4 is 5.32 Å². The van der Waals surface area contributed by atoms with Crippen LogP contribution in [0.1, 0.15) is 23.2 Å². The fourth-order valence-corrected chi connectivity index (χ4v) is 2.13. The first-order valence-electron chi connectivity index (χ1n) is 6.76. The molecule has 2 nitrogen and oxygen atoms in total. The predicted octanol–water partition coefficient (Wildman–Crippen LogP) is 3.49. The normalized spacial score (nSPS) is 14.1. The molecular formula is C17H17NO. The van der Waals surface area contributed by atoms with Gasteiger partial charge in [0.2, 0.25) is 0 Å². The molecule has 1 aliphatic rings. The number of hydrogen-bond acceptors (Lipinski definition) is 1. The van der Waals surface area contributed by atoms with Gasteiger partial charge in [0.1, 0.15) is 0 Å². The lowest BCUT2D eigenvalue weighted by molar-refractivity contribution is 0.0952. The van der Waals surface area contributed by atoms with Crippen molar-refractivity contribution in [3.05, 3.63) is 60.2 Å². The van der Waals surface area contributed by atoms with Crippen molar-refractivity contribution in [3.8, 4) is 11.1 Å². The molecule has 2 aromatic carbocycles. The number of carbonyl (C=O) groups excluding carboxylic acids is 1. The lowest BCUT2D eigenvalue weighted by atomic mass is 10.0. The van der Waals surface area contributed by atoms with Gasteiger partial charge in [-0.25, -0.2) is 0 Å². The fourth-order valence-electron chi connectivity index (χ4n) is 2.13. The highest BCUT2D eigenvalue weighted by molar-refractivity contribution is 5.95. The molecule has 0 heterocycles. The van der Waals surface area contributed by atoms with Gasteiger partial charge in [-0.3, -0.25) is 4.79 Å². The van der Waals surface area contributed by atoms with E-state index in [2.05, 4.69) is 17.4 Å². The molecule has 0 aromatic heterocycles. The van der Waals surface area contributed by atoms with Crippen LogP contribution in [0.5, 0.6) is 0 Å². The van der Waals surface area contributed by atoms with Gasteiger partial charge in [0.25, 0.3) is 5.91 Å². The van der Waals surface area contributed by atoms with Crippen molar-refractivity contribution in [2.45, 2.75) is 12.8 Å². The average Bonchev–Trinajstić information content (AvgIpc) is 3.30. The zero-order valence-corrected chi connectivity index (χ0v) is 10.8. The zero-order valence-electron chi connectivity index (χ0n) is 10.8. The minimum Gasteiger partial charge on any atom is -0.352 e. The quantitative estimate of drug-likeness (QED) is 0.885. The molecule has 0 aliphatic heterocycles. The number of hydrogen-bond donors (Lipinski definition) is 1. The monoisotopic (exact) mass is 251 g/mol. The maximum atomic E-state index is 12.0. The summed E-state index contributed by atoms with van der Waals surface area (Å²) >= 11 is 0. The standard InChI is InChI=1S/C17H17NO/c19-17(18-12-13-9-10-13)16-8-4-7-15(11-16)14-5-2-1-3-6-14/h1-8,11,13H,9-10,12H2,(H,18,19). The van der Waals surface area contributed by atoms with Crippen LogP contribution in [-0.2, 0) is 0 Å². The molecule has 0 spiro atoms. The Bertz CT molecular complexity index is 573. The van der Waals surface area contributed by atoms with Crippen molar-refractivity contribution in [2.24, 2.45) is 5.92 Å². The molecule has 0 bridgehead atoms. The Labute approximate surface area is 113 Å². The first kappa shape index (κ1) is 12.0. The van der Waals surface area contributed by atoms with Crippen LogP contribution in [0.3, 0.4) is 0 Å². The van der Waals surface area contributed by atoms with Gasteiger partial charge in [0.15, 0.2) is 0 Å². The van der Waals surface area contributed by atoms with Gasteiger partial charge < -0.3 is 5.32 Å². The van der Waals surface area contributed by atoms with E-state index in [4.69, 9.17) is 0 Å². The molecule has 0 saturated heterocycles. The van der Waals surface area contributed by atoms with E-state index >= 15 is 0 Å². The Morgan fingerprint density at radius 3 is 2.47 bits per heavy atom. The van der Waals surface area contributed by atoms with Gasteiger partial charge in [-0.05, 0) is 42.0 Å². The average molecular weight is 251 g/mol. The van der Waals surface area contributed by atoms with Crippen LogP contribution >= 0.6 is 0 Å². The molecule has 2 heteroatoms. The number of amides is 1. The van der Waals surface area contributed by atoms with Gasteiger partial charge >= 0.3 is 0 Å². The van der Waals surface area contributed by atoms with E-state index in [1.165, 1.54) is 12.8 Å². The van der Waals surface area contributed by atoms with E-state index < -0.39 is 0 Å². The molecule has 3 rings (SSSR count). The van der Waals surface area contributed by atoms with Crippen LogP contribution in [0, 0.1) is 5.92 Å². The third-order valence-corrected chi connectivity index (χ3v) is 3.48. The summed E-state index contributed by atoms with van der Waals surface area (Å²) in [5.41, 5.74) is 2.96. The van der Waals surface area contributed by atoms with Crippen LogP contribution in [0.2, 0.25) is 0 Å². The Hall–Kier alpha value is -2.09. The van der Waals surface area contributed by atoms with Crippen LogP contribution in [0.4, 0.5) is 0 Å². The Balaban J connectivity index is 1.77. The second kappa shape index (κ2) is 5.27. The highest BCUT2D eigenvalue weighted by Gasteiger charge is 2.21. The summed E-state index contributed by atoms with van der Waals surface area (Å²) < 4.78 is 0. The van der Waals surface area contributed by atoms with E-state index in [1.54, 1.807) is 0 Å². The SMILES string of the molecule is O=C(NCC1CC1)c1cccc(-c2ccccc2)c1. The van der Waals surface area contributed by atoms with E-state index in [0.717, 1.165) is 23.2 Å². The molecule has 1 aliphatic carbocycles. The molecule has 19 heavy (non-hydrogen) atoms. The van der Waals surface area contributed by atoms with Crippen molar-refractivity contribution in [1.82, 2.24) is 5.32 Å². The molecule has 2 aromatic rings. The Kier molecular flexibility index (Phi) is 3.32. The predicted molar refractivity (Wildman–Crippen MR) is 76.9 cm³/mol. The van der Waals surface area contributed by atoms with Gasteiger partial charge in [0, 0.05) is 12.1 Å².